The number of rotatable bonds is 5. The molecule has 0 aliphatic rings. The highest BCUT2D eigenvalue weighted by atomic mass is 28.4. The van der Waals surface area contributed by atoms with Gasteiger partial charge in [-0.1, -0.05) is 20.8 Å². The Hall–Kier alpha value is -0.913. The zero-order valence-electron chi connectivity index (χ0n) is 12.6. The molecule has 0 atom stereocenters. The molecule has 1 aromatic rings. The van der Waals surface area contributed by atoms with Gasteiger partial charge in [0.2, 0.25) is 0 Å². The molecule has 1 aromatic heterocycles. The number of hydrogen-bond donors (Lipinski definition) is 1. The lowest BCUT2D eigenvalue weighted by Crippen LogP contribution is -2.41. The molecule has 1 N–H and O–H groups in total. The monoisotopic (exact) mass is 283 g/mol. The molecule has 1 heterocycles. The molecule has 108 valence electrons. The fourth-order valence-electron chi connectivity index (χ4n) is 1.50. The van der Waals surface area contributed by atoms with Crippen molar-refractivity contribution < 1.29 is 9.53 Å². The number of aliphatic hydroxyl groups is 1. The summed E-state index contributed by atoms with van der Waals surface area (Å²) >= 11 is 0. The van der Waals surface area contributed by atoms with Crippen LogP contribution in [-0.4, -0.2) is 24.6 Å². The van der Waals surface area contributed by atoms with Gasteiger partial charge >= 0.3 is 0 Å². The molecule has 0 amide bonds. The van der Waals surface area contributed by atoms with Gasteiger partial charge in [-0.2, -0.15) is 0 Å². The number of hydrogen-bond acceptors (Lipinski definition) is 3. The van der Waals surface area contributed by atoms with Crippen LogP contribution in [0, 0.1) is 0 Å². The summed E-state index contributed by atoms with van der Waals surface area (Å²) in [6, 6.07) is 3.42. The maximum Gasteiger partial charge on any atom is 0.256 e. The van der Waals surface area contributed by atoms with Gasteiger partial charge in [0, 0.05) is 18.3 Å². The summed E-state index contributed by atoms with van der Waals surface area (Å²) in [6.07, 6.45) is 1.73. The van der Waals surface area contributed by atoms with Crippen LogP contribution in [0.3, 0.4) is 0 Å². The van der Waals surface area contributed by atoms with E-state index in [-0.39, 0.29) is 17.2 Å². The van der Waals surface area contributed by atoms with Gasteiger partial charge in [0.15, 0.2) is 8.32 Å². The summed E-state index contributed by atoms with van der Waals surface area (Å²) in [5, 5.41) is 9.24. The van der Waals surface area contributed by atoms with Crippen LogP contribution in [0.1, 0.15) is 26.3 Å². The van der Waals surface area contributed by atoms with Gasteiger partial charge in [0.1, 0.15) is 0 Å². The highest BCUT2D eigenvalue weighted by molar-refractivity contribution is 6.74. The van der Waals surface area contributed by atoms with Crippen LogP contribution in [-0.2, 0) is 17.6 Å². The van der Waals surface area contributed by atoms with Gasteiger partial charge < -0.3 is 14.1 Å². The Morgan fingerprint density at radius 2 is 2.00 bits per heavy atom. The van der Waals surface area contributed by atoms with Crippen LogP contribution in [0.25, 0.3) is 0 Å². The van der Waals surface area contributed by atoms with Crippen molar-refractivity contribution in [3.63, 3.8) is 0 Å². The van der Waals surface area contributed by atoms with Crippen molar-refractivity contribution in [2.75, 3.05) is 6.61 Å². The van der Waals surface area contributed by atoms with E-state index in [0.717, 1.165) is 0 Å². The maximum absolute atomic E-state index is 11.9. The first-order chi connectivity index (χ1) is 8.69. The van der Waals surface area contributed by atoms with Crippen molar-refractivity contribution >= 4 is 8.32 Å². The van der Waals surface area contributed by atoms with E-state index in [0.29, 0.717) is 18.7 Å². The third-order valence-electron chi connectivity index (χ3n) is 3.87. The minimum atomic E-state index is -1.76. The fraction of sp³-hybridized carbons (Fsp3) is 0.643. The van der Waals surface area contributed by atoms with E-state index in [2.05, 4.69) is 33.9 Å². The summed E-state index contributed by atoms with van der Waals surface area (Å²) in [7, 11) is -1.76. The summed E-state index contributed by atoms with van der Waals surface area (Å²) in [5.74, 6) is 0. The average Bonchev–Trinajstić information content (AvgIpc) is 2.29. The Bertz CT molecular complexity index is 474. The minimum absolute atomic E-state index is 0.135. The predicted octanol–water partition coefficient (Wildman–Crippen LogP) is 2.36. The topological polar surface area (TPSA) is 51.5 Å². The van der Waals surface area contributed by atoms with Crippen molar-refractivity contribution in [3.05, 3.63) is 34.2 Å². The molecule has 0 spiro atoms. The SMILES string of the molecule is CC(C)(C)[Si](C)(C)OCCn1cccc(CO)c1=O. The summed E-state index contributed by atoms with van der Waals surface area (Å²) < 4.78 is 7.64. The van der Waals surface area contributed by atoms with Crippen molar-refractivity contribution in [2.45, 2.75) is 52.1 Å². The molecule has 1 rings (SSSR count). The zero-order valence-corrected chi connectivity index (χ0v) is 13.6. The molecule has 0 aromatic carbocycles. The molecule has 5 heteroatoms. The van der Waals surface area contributed by atoms with Crippen molar-refractivity contribution in [3.8, 4) is 0 Å². The highest BCUT2D eigenvalue weighted by Gasteiger charge is 2.36. The lowest BCUT2D eigenvalue weighted by atomic mass is 10.2. The highest BCUT2D eigenvalue weighted by Crippen LogP contribution is 2.36. The molecule has 0 saturated carbocycles. The van der Waals surface area contributed by atoms with E-state index in [4.69, 9.17) is 9.53 Å². The first-order valence-corrected chi connectivity index (χ1v) is 9.53. The van der Waals surface area contributed by atoms with Crippen LogP contribution in [0.5, 0.6) is 0 Å². The average molecular weight is 283 g/mol. The van der Waals surface area contributed by atoms with E-state index >= 15 is 0 Å². The normalized spacial score (nSPS) is 12.7. The Morgan fingerprint density at radius 3 is 2.53 bits per heavy atom. The first kappa shape index (κ1) is 16.1. The second-order valence-corrected chi connectivity index (χ2v) is 11.1. The molecule has 19 heavy (non-hydrogen) atoms. The van der Waals surface area contributed by atoms with Crippen LogP contribution in [0.2, 0.25) is 18.1 Å². The van der Waals surface area contributed by atoms with Crippen LogP contribution in [0.15, 0.2) is 23.1 Å². The van der Waals surface area contributed by atoms with Crippen LogP contribution >= 0.6 is 0 Å². The van der Waals surface area contributed by atoms with Gasteiger partial charge in [-0.25, -0.2) is 0 Å². The largest absolute Gasteiger partial charge is 0.415 e. The Kier molecular flexibility index (Phi) is 5.12. The first-order valence-electron chi connectivity index (χ1n) is 6.62. The number of aliphatic hydroxyl groups excluding tert-OH is 1. The van der Waals surface area contributed by atoms with E-state index in [1.807, 2.05) is 0 Å². The lowest BCUT2D eigenvalue weighted by molar-refractivity contribution is 0.265. The molecule has 0 radical (unpaired) electrons. The zero-order chi connectivity index (χ0) is 14.7. The molecule has 0 aliphatic heterocycles. The summed E-state index contributed by atoms with van der Waals surface area (Å²) in [4.78, 5) is 11.9. The molecular formula is C14H25NO3Si. The predicted molar refractivity (Wildman–Crippen MR) is 79.8 cm³/mol. The molecule has 0 saturated heterocycles. The Balaban J connectivity index is 2.67. The Morgan fingerprint density at radius 1 is 1.37 bits per heavy atom. The second kappa shape index (κ2) is 6.03. The summed E-state index contributed by atoms with van der Waals surface area (Å²) in [6.45, 7) is 11.8. The smallest absolute Gasteiger partial charge is 0.256 e. The molecular weight excluding hydrogens is 258 g/mol. The van der Waals surface area contributed by atoms with Gasteiger partial charge in [-0.3, -0.25) is 4.79 Å². The summed E-state index contributed by atoms with van der Waals surface area (Å²) in [5.41, 5.74) is 0.290. The quantitative estimate of drug-likeness (QED) is 0.844. The number of aromatic nitrogens is 1. The molecule has 0 unspecified atom stereocenters. The van der Waals surface area contributed by atoms with E-state index in [1.54, 1.807) is 22.9 Å². The molecule has 0 aliphatic carbocycles. The van der Waals surface area contributed by atoms with Gasteiger partial charge in [0.05, 0.1) is 13.2 Å². The number of pyridine rings is 1. The second-order valence-electron chi connectivity index (χ2n) is 6.30. The fourth-order valence-corrected chi connectivity index (χ4v) is 2.53. The van der Waals surface area contributed by atoms with Crippen molar-refractivity contribution in [2.24, 2.45) is 0 Å². The van der Waals surface area contributed by atoms with Crippen LogP contribution in [0.4, 0.5) is 0 Å². The van der Waals surface area contributed by atoms with Gasteiger partial charge in [-0.05, 0) is 30.3 Å². The molecule has 4 nitrogen and oxygen atoms in total. The van der Waals surface area contributed by atoms with E-state index in [1.165, 1.54) is 0 Å². The van der Waals surface area contributed by atoms with Gasteiger partial charge in [0.25, 0.3) is 5.56 Å². The van der Waals surface area contributed by atoms with Crippen molar-refractivity contribution in [1.82, 2.24) is 4.57 Å². The minimum Gasteiger partial charge on any atom is -0.415 e. The lowest BCUT2D eigenvalue weighted by Gasteiger charge is -2.36. The van der Waals surface area contributed by atoms with Gasteiger partial charge in [-0.15, -0.1) is 0 Å². The van der Waals surface area contributed by atoms with Crippen molar-refractivity contribution in [1.29, 1.82) is 0 Å². The third-order valence-corrected chi connectivity index (χ3v) is 8.41. The Labute approximate surface area is 116 Å². The van der Waals surface area contributed by atoms with Crippen LogP contribution < -0.4 is 5.56 Å². The maximum atomic E-state index is 11.9. The molecule has 0 bridgehead atoms. The third kappa shape index (κ3) is 4.02. The van der Waals surface area contributed by atoms with E-state index in [9.17, 15) is 4.79 Å². The molecule has 0 fully saturated rings. The van der Waals surface area contributed by atoms with E-state index < -0.39 is 8.32 Å². The standard InChI is InChI=1S/C14H25NO3Si/c1-14(2,3)19(4,5)18-10-9-15-8-6-7-12(11-16)13(15)17/h6-8,16H,9-11H2,1-5H3. The number of nitrogens with zero attached hydrogens (tertiary/aromatic N) is 1.